The van der Waals surface area contributed by atoms with E-state index in [1.807, 2.05) is 24.3 Å². The molecule has 4 fully saturated rings. The van der Waals surface area contributed by atoms with E-state index in [9.17, 15) is 0 Å². The summed E-state index contributed by atoms with van der Waals surface area (Å²) in [5, 5.41) is 3.73. The summed E-state index contributed by atoms with van der Waals surface area (Å²) in [6.45, 7) is 2.05. The van der Waals surface area contributed by atoms with Gasteiger partial charge in [-0.05, 0) is 75.3 Å². The van der Waals surface area contributed by atoms with Crippen LogP contribution < -0.4 is 15.8 Å². The SMILES string of the molecule is Cc1ccc(Oc2ncnc(NC34CC5CC(CC(C5)C3)C4)c2N)cc1. The third-order valence-electron chi connectivity index (χ3n) is 6.50. The van der Waals surface area contributed by atoms with E-state index in [-0.39, 0.29) is 5.54 Å². The molecule has 0 radical (unpaired) electrons. The molecule has 0 atom stereocenters. The Morgan fingerprint density at radius 2 is 1.62 bits per heavy atom. The summed E-state index contributed by atoms with van der Waals surface area (Å²) >= 11 is 0. The van der Waals surface area contributed by atoms with Crippen LogP contribution in [0.15, 0.2) is 30.6 Å². The number of nitrogens with two attached hydrogens (primary N) is 1. The molecule has 3 N–H and O–H groups in total. The summed E-state index contributed by atoms with van der Waals surface area (Å²) in [6.07, 6.45) is 9.54. The first-order chi connectivity index (χ1) is 12.6. The first-order valence-corrected chi connectivity index (χ1v) is 9.72. The summed E-state index contributed by atoms with van der Waals surface area (Å²) in [4.78, 5) is 8.70. The lowest BCUT2D eigenvalue weighted by Crippen LogP contribution is -2.55. The molecule has 0 saturated heterocycles. The van der Waals surface area contributed by atoms with Gasteiger partial charge in [-0.1, -0.05) is 17.7 Å². The quantitative estimate of drug-likeness (QED) is 0.847. The van der Waals surface area contributed by atoms with Gasteiger partial charge < -0.3 is 15.8 Å². The van der Waals surface area contributed by atoms with Gasteiger partial charge in [0.2, 0.25) is 5.88 Å². The van der Waals surface area contributed by atoms with Crippen LogP contribution in [-0.2, 0) is 0 Å². The van der Waals surface area contributed by atoms with Crippen LogP contribution in [-0.4, -0.2) is 15.5 Å². The Labute approximate surface area is 154 Å². The topological polar surface area (TPSA) is 73.1 Å². The number of aromatic nitrogens is 2. The maximum atomic E-state index is 6.38. The Kier molecular flexibility index (Phi) is 3.59. The maximum Gasteiger partial charge on any atom is 0.248 e. The van der Waals surface area contributed by atoms with Crippen molar-refractivity contribution >= 4 is 11.5 Å². The first kappa shape index (κ1) is 15.9. The van der Waals surface area contributed by atoms with Gasteiger partial charge in [-0.3, -0.25) is 0 Å². The van der Waals surface area contributed by atoms with Crippen LogP contribution in [0.3, 0.4) is 0 Å². The molecule has 0 amide bonds. The first-order valence-electron chi connectivity index (χ1n) is 9.72. The van der Waals surface area contributed by atoms with Gasteiger partial charge in [0, 0.05) is 5.54 Å². The molecular formula is C21H26N4O. The van der Waals surface area contributed by atoms with Gasteiger partial charge in [0.15, 0.2) is 5.82 Å². The molecule has 0 spiro atoms. The summed E-state index contributed by atoms with van der Waals surface area (Å²) in [5.41, 5.74) is 8.24. The van der Waals surface area contributed by atoms with Gasteiger partial charge in [-0.2, -0.15) is 4.98 Å². The van der Waals surface area contributed by atoms with Crippen LogP contribution in [0.2, 0.25) is 0 Å². The van der Waals surface area contributed by atoms with Crippen molar-refractivity contribution in [3.05, 3.63) is 36.2 Å². The predicted molar refractivity (Wildman–Crippen MR) is 102 cm³/mol. The van der Waals surface area contributed by atoms with Crippen molar-refractivity contribution in [2.24, 2.45) is 17.8 Å². The highest BCUT2D eigenvalue weighted by Gasteiger charge is 2.51. The highest BCUT2D eigenvalue weighted by Crippen LogP contribution is 2.56. The molecular weight excluding hydrogens is 324 g/mol. The smallest absolute Gasteiger partial charge is 0.248 e. The second-order valence-corrected chi connectivity index (χ2v) is 8.68. The number of aryl methyl sites for hydroxylation is 1. The minimum atomic E-state index is 0.165. The zero-order valence-corrected chi connectivity index (χ0v) is 15.2. The molecule has 2 aromatic rings. The largest absolute Gasteiger partial charge is 0.437 e. The minimum absolute atomic E-state index is 0.165. The van der Waals surface area contributed by atoms with Gasteiger partial charge in [0.1, 0.15) is 17.8 Å². The predicted octanol–water partition coefficient (Wildman–Crippen LogP) is 4.54. The standard InChI is InChI=1S/C21H26N4O/c1-13-2-4-17(5-3-13)26-20-18(22)19(23-12-24-20)25-21-9-14-6-15(10-21)8-16(7-14)11-21/h2-5,12,14-16H,6-11,22H2,1H3,(H,23,24,25). The molecule has 0 aliphatic heterocycles. The molecule has 4 aliphatic carbocycles. The van der Waals surface area contributed by atoms with E-state index in [0.29, 0.717) is 11.6 Å². The molecule has 4 saturated carbocycles. The molecule has 5 nitrogen and oxygen atoms in total. The highest BCUT2D eigenvalue weighted by atomic mass is 16.5. The molecule has 5 heteroatoms. The number of ether oxygens (including phenoxy) is 1. The van der Waals surface area contributed by atoms with Crippen LogP contribution in [0.25, 0.3) is 0 Å². The van der Waals surface area contributed by atoms with Gasteiger partial charge in [0.05, 0.1) is 0 Å². The third kappa shape index (κ3) is 2.79. The molecule has 4 bridgehead atoms. The number of hydrogen-bond donors (Lipinski definition) is 2. The fourth-order valence-corrected chi connectivity index (χ4v) is 5.79. The monoisotopic (exact) mass is 350 g/mol. The number of nitrogen functional groups attached to an aromatic ring is 1. The van der Waals surface area contributed by atoms with Crippen molar-refractivity contribution in [3.8, 4) is 11.6 Å². The number of nitrogens with one attached hydrogen (secondary N) is 1. The van der Waals surface area contributed by atoms with Crippen LogP contribution >= 0.6 is 0 Å². The number of rotatable bonds is 4. The van der Waals surface area contributed by atoms with Crippen molar-refractivity contribution < 1.29 is 4.74 Å². The number of hydrogen-bond acceptors (Lipinski definition) is 5. The average Bonchev–Trinajstić information content (AvgIpc) is 2.59. The summed E-state index contributed by atoms with van der Waals surface area (Å²) < 4.78 is 5.91. The van der Waals surface area contributed by atoms with E-state index < -0.39 is 0 Å². The van der Waals surface area contributed by atoms with E-state index >= 15 is 0 Å². The van der Waals surface area contributed by atoms with E-state index in [1.165, 1.54) is 44.1 Å². The minimum Gasteiger partial charge on any atom is -0.437 e. The van der Waals surface area contributed by atoms with Crippen LogP contribution in [0, 0.1) is 24.7 Å². The fourth-order valence-electron chi connectivity index (χ4n) is 5.79. The zero-order valence-electron chi connectivity index (χ0n) is 15.2. The number of anilines is 2. The van der Waals surface area contributed by atoms with Crippen molar-refractivity contribution in [3.63, 3.8) is 0 Å². The van der Waals surface area contributed by atoms with Crippen molar-refractivity contribution in [2.45, 2.75) is 51.0 Å². The summed E-state index contributed by atoms with van der Waals surface area (Å²) in [5.74, 6) is 4.52. The molecule has 4 aliphatic rings. The maximum absolute atomic E-state index is 6.38. The van der Waals surface area contributed by atoms with E-state index in [4.69, 9.17) is 10.5 Å². The molecule has 26 heavy (non-hydrogen) atoms. The highest BCUT2D eigenvalue weighted by molar-refractivity contribution is 5.68. The van der Waals surface area contributed by atoms with Gasteiger partial charge in [-0.15, -0.1) is 0 Å². The molecule has 1 aromatic heterocycles. The van der Waals surface area contributed by atoms with E-state index in [2.05, 4.69) is 22.2 Å². The van der Waals surface area contributed by atoms with Crippen LogP contribution in [0.5, 0.6) is 11.6 Å². The van der Waals surface area contributed by atoms with Crippen molar-refractivity contribution in [2.75, 3.05) is 11.1 Å². The lowest BCUT2D eigenvalue weighted by molar-refractivity contribution is 0.0106. The lowest BCUT2D eigenvalue weighted by atomic mass is 9.53. The third-order valence-corrected chi connectivity index (χ3v) is 6.50. The number of nitrogens with zero attached hydrogens (tertiary/aromatic N) is 2. The average molecular weight is 350 g/mol. The fraction of sp³-hybridized carbons (Fsp3) is 0.524. The Hall–Kier alpha value is -2.30. The van der Waals surface area contributed by atoms with Gasteiger partial charge >= 0.3 is 0 Å². The summed E-state index contributed by atoms with van der Waals surface area (Å²) in [6, 6.07) is 7.90. The molecule has 0 unspecified atom stereocenters. The normalized spacial score (nSPS) is 31.8. The van der Waals surface area contributed by atoms with Crippen molar-refractivity contribution in [1.82, 2.24) is 9.97 Å². The molecule has 1 aromatic carbocycles. The Morgan fingerprint density at radius 3 is 2.23 bits per heavy atom. The lowest BCUT2D eigenvalue weighted by Gasteiger charge is -2.57. The Morgan fingerprint density at radius 1 is 1.00 bits per heavy atom. The van der Waals surface area contributed by atoms with Crippen LogP contribution in [0.1, 0.15) is 44.1 Å². The molecule has 136 valence electrons. The van der Waals surface area contributed by atoms with Crippen LogP contribution in [0.4, 0.5) is 11.5 Å². The second kappa shape index (κ2) is 5.86. The Balaban J connectivity index is 1.39. The van der Waals surface area contributed by atoms with E-state index in [1.54, 1.807) is 6.33 Å². The Bertz CT molecular complexity index is 782. The molecule has 1 heterocycles. The molecule has 6 rings (SSSR count). The van der Waals surface area contributed by atoms with Gasteiger partial charge in [0.25, 0.3) is 0 Å². The summed E-state index contributed by atoms with van der Waals surface area (Å²) in [7, 11) is 0. The second-order valence-electron chi connectivity index (χ2n) is 8.68. The zero-order chi connectivity index (χ0) is 17.7. The van der Waals surface area contributed by atoms with E-state index in [0.717, 1.165) is 29.3 Å². The number of benzene rings is 1. The van der Waals surface area contributed by atoms with Crippen molar-refractivity contribution in [1.29, 1.82) is 0 Å². The van der Waals surface area contributed by atoms with Gasteiger partial charge in [-0.25, -0.2) is 4.98 Å².